The maximum absolute atomic E-state index is 9.49. The molecule has 47 heavy (non-hydrogen) atoms. The summed E-state index contributed by atoms with van der Waals surface area (Å²) >= 11 is 0. The summed E-state index contributed by atoms with van der Waals surface area (Å²) in [5.41, 5.74) is 0. The highest BCUT2D eigenvalue weighted by molar-refractivity contribution is 6.74. The van der Waals surface area contributed by atoms with Crippen LogP contribution in [0.15, 0.2) is 0 Å². The van der Waals surface area contributed by atoms with Crippen molar-refractivity contribution in [3.8, 4) is 0 Å². The van der Waals surface area contributed by atoms with Crippen LogP contribution in [0.1, 0.15) is 190 Å². The second-order valence-electron chi connectivity index (χ2n) is 18.1. The van der Waals surface area contributed by atoms with E-state index in [0.717, 1.165) is 38.9 Å². The lowest BCUT2D eigenvalue weighted by Gasteiger charge is -2.42. The van der Waals surface area contributed by atoms with Gasteiger partial charge in [0.05, 0.1) is 12.2 Å². The zero-order chi connectivity index (χ0) is 35.8. The van der Waals surface area contributed by atoms with Crippen LogP contribution >= 0.6 is 0 Å². The van der Waals surface area contributed by atoms with Crippen molar-refractivity contribution < 1.29 is 14.0 Å². The van der Waals surface area contributed by atoms with E-state index in [1.807, 2.05) is 0 Å². The molecule has 1 N–H and O–H groups in total. The lowest BCUT2D eigenvalue weighted by molar-refractivity contribution is 0.0676. The topological polar surface area (TPSA) is 41.9 Å². The average Bonchev–Trinajstić information content (AvgIpc) is 2.96. The first kappa shape index (κ1) is 47.3. The molecule has 0 aliphatic carbocycles. The smallest absolute Gasteiger partial charge is 0.192 e. The minimum atomic E-state index is -1.90. The first-order valence-electron chi connectivity index (χ1n) is 20.7. The van der Waals surface area contributed by atoms with Crippen LogP contribution in [0.3, 0.4) is 0 Å². The molecule has 0 aromatic carbocycles. The maximum Gasteiger partial charge on any atom is 0.192 e. The number of unbranched alkanes of at least 4 members (excludes halogenated alkanes) is 16. The third-order valence-electron chi connectivity index (χ3n) is 11.4. The van der Waals surface area contributed by atoms with E-state index >= 15 is 0 Å². The molecule has 2 unspecified atom stereocenters. The van der Waals surface area contributed by atoms with Gasteiger partial charge in [-0.3, -0.25) is 4.90 Å². The fourth-order valence-corrected chi connectivity index (χ4v) is 8.79. The van der Waals surface area contributed by atoms with Gasteiger partial charge in [-0.25, -0.2) is 0 Å². The summed E-state index contributed by atoms with van der Waals surface area (Å²) < 4.78 is 14.5. The third-order valence-corrected chi connectivity index (χ3v) is 20.4. The Kier molecular flexibility index (Phi) is 26.3. The zero-order valence-electron chi connectivity index (χ0n) is 34.5. The van der Waals surface area contributed by atoms with E-state index in [2.05, 4.69) is 86.5 Å². The van der Waals surface area contributed by atoms with E-state index in [9.17, 15) is 5.11 Å². The molecular weight excluding hydrogens is 611 g/mol. The molecular formula is C41H89NO3Si2. The van der Waals surface area contributed by atoms with Crippen LogP contribution in [0.4, 0.5) is 0 Å². The predicted octanol–water partition coefficient (Wildman–Crippen LogP) is 13.3. The van der Waals surface area contributed by atoms with Crippen molar-refractivity contribution in [2.75, 3.05) is 26.2 Å². The van der Waals surface area contributed by atoms with Crippen LogP contribution in [0.25, 0.3) is 0 Å². The van der Waals surface area contributed by atoms with Gasteiger partial charge in [0.25, 0.3) is 0 Å². The normalized spacial score (nSPS) is 14.7. The van der Waals surface area contributed by atoms with E-state index in [1.54, 1.807) is 0 Å². The molecule has 0 fully saturated rings. The maximum atomic E-state index is 9.49. The van der Waals surface area contributed by atoms with Crippen molar-refractivity contribution in [1.82, 2.24) is 4.90 Å². The molecule has 0 radical (unpaired) electrons. The van der Waals surface area contributed by atoms with E-state index in [-0.39, 0.29) is 22.3 Å². The van der Waals surface area contributed by atoms with E-state index in [4.69, 9.17) is 8.85 Å². The van der Waals surface area contributed by atoms with Gasteiger partial charge < -0.3 is 14.0 Å². The van der Waals surface area contributed by atoms with Crippen molar-refractivity contribution in [1.29, 1.82) is 0 Å². The predicted molar refractivity (Wildman–Crippen MR) is 216 cm³/mol. The number of hydrogen-bond acceptors (Lipinski definition) is 4. The molecule has 0 aromatic rings. The summed E-state index contributed by atoms with van der Waals surface area (Å²) in [6.45, 7) is 32.0. The first-order chi connectivity index (χ1) is 22.0. The largest absolute Gasteiger partial charge is 0.413 e. The molecule has 4 nitrogen and oxygen atoms in total. The highest BCUT2D eigenvalue weighted by Gasteiger charge is 2.41. The van der Waals surface area contributed by atoms with Crippen molar-refractivity contribution in [2.45, 2.75) is 239 Å². The van der Waals surface area contributed by atoms with Crippen LogP contribution in [0, 0.1) is 0 Å². The Bertz CT molecular complexity index is 662. The highest BCUT2D eigenvalue weighted by atomic mass is 28.4. The molecule has 2 atom stereocenters. The zero-order valence-corrected chi connectivity index (χ0v) is 36.5. The van der Waals surface area contributed by atoms with Gasteiger partial charge >= 0.3 is 0 Å². The SMILES string of the molecule is CCCCCCCCCCC(CN(CCCCCO)CC(CCCCCCCCCC)O[Si](C)(C)C(C)(C)C)O[Si](C)(C)C(C)(C)C. The van der Waals surface area contributed by atoms with Crippen molar-refractivity contribution in [3.63, 3.8) is 0 Å². The van der Waals surface area contributed by atoms with Crippen LogP contribution in [-0.4, -0.2) is 65.1 Å². The molecule has 284 valence electrons. The summed E-state index contributed by atoms with van der Waals surface area (Å²) in [5.74, 6) is 0. The Morgan fingerprint density at radius 3 is 1.13 bits per heavy atom. The Labute approximate surface area is 299 Å². The van der Waals surface area contributed by atoms with E-state index in [0.29, 0.717) is 6.61 Å². The van der Waals surface area contributed by atoms with Gasteiger partial charge in [0.2, 0.25) is 0 Å². The number of nitrogens with zero attached hydrogens (tertiary/aromatic N) is 1. The summed E-state index contributed by atoms with van der Waals surface area (Å²) in [6.07, 6.45) is 27.7. The molecule has 6 heteroatoms. The van der Waals surface area contributed by atoms with Gasteiger partial charge in [0.15, 0.2) is 16.6 Å². The van der Waals surface area contributed by atoms with Crippen LogP contribution < -0.4 is 0 Å². The molecule has 0 saturated heterocycles. The highest BCUT2D eigenvalue weighted by Crippen LogP contribution is 2.39. The molecule has 0 heterocycles. The van der Waals surface area contributed by atoms with Gasteiger partial charge in [-0.1, -0.05) is 158 Å². The monoisotopic (exact) mass is 700 g/mol. The van der Waals surface area contributed by atoms with Crippen LogP contribution in [0.5, 0.6) is 0 Å². The summed E-state index contributed by atoms with van der Waals surface area (Å²) in [4.78, 5) is 2.72. The molecule has 0 aliphatic rings. The second-order valence-corrected chi connectivity index (χ2v) is 27.6. The van der Waals surface area contributed by atoms with Gasteiger partial charge in [0, 0.05) is 19.7 Å². The Morgan fingerprint density at radius 2 is 0.809 bits per heavy atom. The fourth-order valence-electron chi connectivity index (χ4n) is 6.03. The number of aliphatic hydroxyl groups is 1. The molecule has 0 spiro atoms. The van der Waals surface area contributed by atoms with Crippen molar-refractivity contribution in [3.05, 3.63) is 0 Å². The lowest BCUT2D eigenvalue weighted by atomic mass is 10.0. The number of aliphatic hydroxyl groups excluding tert-OH is 1. The van der Waals surface area contributed by atoms with Gasteiger partial charge in [-0.2, -0.15) is 0 Å². The minimum Gasteiger partial charge on any atom is -0.413 e. The van der Waals surface area contributed by atoms with Gasteiger partial charge in [-0.15, -0.1) is 0 Å². The number of rotatable bonds is 31. The Morgan fingerprint density at radius 1 is 0.489 bits per heavy atom. The van der Waals surface area contributed by atoms with Crippen molar-refractivity contribution in [2.24, 2.45) is 0 Å². The fraction of sp³-hybridized carbons (Fsp3) is 1.00. The van der Waals surface area contributed by atoms with E-state index < -0.39 is 16.6 Å². The molecule has 0 aliphatic heterocycles. The average molecular weight is 700 g/mol. The second kappa shape index (κ2) is 26.1. The Balaban J connectivity index is 5.77. The Hall–Kier alpha value is 0.274. The van der Waals surface area contributed by atoms with Crippen LogP contribution in [0.2, 0.25) is 36.3 Å². The standard InChI is InChI=1S/C41H89NO3Si2/c1-13-15-17-19-21-23-25-28-32-38(44-46(9,10)40(3,4)5)36-42(34-30-27-31-35-43)37-39(45-47(11,12)41(6,7)8)33-29-26-24-22-20-18-16-14-2/h38-39,43H,13-37H2,1-12H3. The van der Waals surface area contributed by atoms with Crippen molar-refractivity contribution >= 4 is 16.6 Å². The molecule has 0 rings (SSSR count). The van der Waals surface area contributed by atoms with Gasteiger partial charge in [0.1, 0.15) is 0 Å². The van der Waals surface area contributed by atoms with Crippen LogP contribution in [-0.2, 0) is 8.85 Å². The molecule has 0 amide bonds. The first-order valence-corrected chi connectivity index (χ1v) is 26.5. The quantitative estimate of drug-likeness (QED) is 0.0578. The summed E-state index contributed by atoms with van der Waals surface area (Å²) in [6, 6.07) is 0. The van der Waals surface area contributed by atoms with Gasteiger partial charge in [-0.05, 0) is 74.9 Å². The molecule has 0 bridgehead atoms. The third kappa shape index (κ3) is 23.4. The molecule has 0 saturated carbocycles. The minimum absolute atomic E-state index is 0.209. The lowest BCUT2D eigenvalue weighted by Crippen LogP contribution is -2.50. The summed E-state index contributed by atoms with van der Waals surface area (Å²) in [7, 11) is -3.80. The molecule has 0 aromatic heterocycles. The number of hydrogen-bond donors (Lipinski definition) is 1. The van der Waals surface area contributed by atoms with E-state index in [1.165, 1.54) is 116 Å². The summed E-state index contributed by atoms with van der Waals surface area (Å²) in [5, 5.41) is 9.91.